The molecule has 0 N–H and O–H groups in total. The van der Waals surface area contributed by atoms with Crippen LogP contribution in [-0.4, -0.2) is 26.9 Å². The van der Waals surface area contributed by atoms with Gasteiger partial charge in [-0.2, -0.15) is 0 Å². The molecule has 0 saturated carbocycles. The van der Waals surface area contributed by atoms with E-state index in [4.69, 9.17) is 21.1 Å². The van der Waals surface area contributed by atoms with E-state index in [1.54, 1.807) is 0 Å². The molecular formula is C17H15ClFNO4S. The van der Waals surface area contributed by atoms with Crippen molar-refractivity contribution >= 4 is 27.7 Å². The van der Waals surface area contributed by atoms with E-state index in [1.165, 1.54) is 62.8 Å². The summed E-state index contributed by atoms with van der Waals surface area (Å²) in [5, 5.41) is 0.421. The zero-order valence-electron chi connectivity index (χ0n) is 13.4. The van der Waals surface area contributed by atoms with Crippen LogP contribution < -0.4 is 0 Å². The molecule has 1 aliphatic heterocycles. The van der Waals surface area contributed by atoms with Crippen LogP contribution in [0.2, 0.25) is 5.02 Å². The van der Waals surface area contributed by atoms with Gasteiger partial charge in [-0.3, -0.25) is 0 Å². The third kappa shape index (κ3) is 3.10. The van der Waals surface area contributed by atoms with Crippen molar-refractivity contribution in [2.45, 2.75) is 11.1 Å². The maximum atomic E-state index is 13.5. The summed E-state index contributed by atoms with van der Waals surface area (Å²) in [5.41, 5.74) is 1.01. The number of benzene rings is 2. The number of halogens is 2. The number of hydrogen-bond donors (Lipinski definition) is 0. The Bertz CT molecular complexity index is 928. The highest BCUT2D eigenvalue weighted by atomic mass is 35.5. The quantitative estimate of drug-likeness (QED) is 0.806. The summed E-state index contributed by atoms with van der Waals surface area (Å²) in [7, 11) is -1.28. The van der Waals surface area contributed by atoms with E-state index in [1.807, 2.05) is 0 Å². The predicted octanol–water partition coefficient (Wildman–Crippen LogP) is 3.77. The van der Waals surface area contributed by atoms with Crippen molar-refractivity contribution in [1.29, 1.82) is 0 Å². The van der Waals surface area contributed by atoms with Crippen molar-refractivity contribution in [3.05, 3.63) is 70.3 Å². The van der Waals surface area contributed by atoms with E-state index in [-0.39, 0.29) is 10.8 Å². The SMILES string of the molecule is COC1=Cc2cc(F)ccc2C(OC)N1S(=O)(=O)c1ccc(Cl)cc1. The second-order valence-corrected chi connectivity index (χ2v) is 7.55. The lowest BCUT2D eigenvalue weighted by Gasteiger charge is -2.36. The maximum absolute atomic E-state index is 13.5. The fraction of sp³-hybridized carbons (Fsp3) is 0.176. The number of fused-ring (bicyclic) bond motifs is 1. The molecule has 1 atom stereocenters. The monoisotopic (exact) mass is 383 g/mol. The molecule has 8 heteroatoms. The molecule has 1 unspecified atom stereocenters. The summed E-state index contributed by atoms with van der Waals surface area (Å²) >= 11 is 5.84. The molecule has 5 nitrogen and oxygen atoms in total. The summed E-state index contributed by atoms with van der Waals surface area (Å²) < 4.78 is 51.5. The minimum absolute atomic E-state index is 0.0277. The van der Waals surface area contributed by atoms with Crippen LogP contribution >= 0.6 is 11.6 Å². The zero-order chi connectivity index (χ0) is 18.2. The van der Waals surface area contributed by atoms with Gasteiger partial charge in [-0.1, -0.05) is 17.7 Å². The summed E-state index contributed by atoms with van der Waals surface area (Å²) in [6.07, 6.45) is 0.470. The highest BCUT2D eigenvalue weighted by Gasteiger charge is 2.39. The molecule has 2 aromatic rings. The standard InChI is InChI=1S/C17H15ClFNO4S/c1-23-16-10-11-9-13(19)5-8-15(11)17(24-2)20(16)25(21,22)14-6-3-12(18)4-7-14/h3-10,17H,1-2H3. The fourth-order valence-electron chi connectivity index (χ4n) is 2.67. The molecule has 0 spiro atoms. The molecule has 0 radical (unpaired) electrons. The lowest BCUT2D eigenvalue weighted by atomic mass is 10.0. The van der Waals surface area contributed by atoms with E-state index in [9.17, 15) is 12.8 Å². The first-order chi connectivity index (χ1) is 11.9. The van der Waals surface area contributed by atoms with E-state index >= 15 is 0 Å². The van der Waals surface area contributed by atoms with Crippen molar-refractivity contribution in [2.75, 3.05) is 14.2 Å². The molecule has 1 heterocycles. The molecule has 0 fully saturated rings. The Balaban J connectivity index is 2.17. The average Bonchev–Trinajstić information content (AvgIpc) is 2.59. The van der Waals surface area contributed by atoms with Crippen LogP contribution in [0.25, 0.3) is 6.08 Å². The van der Waals surface area contributed by atoms with Gasteiger partial charge in [0.25, 0.3) is 10.0 Å². The van der Waals surface area contributed by atoms with Gasteiger partial charge in [-0.15, -0.1) is 0 Å². The Kier molecular flexibility index (Phi) is 4.73. The fourth-order valence-corrected chi connectivity index (χ4v) is 4.32. The second kappa shape index (κ2) is 6.67. The van der Waals surface area contributed by atoms with E-state index < -0.39 is 22.1 Å². The van der Waals surface area contributed by atoms with Crippen LogP contribution in [-0.2, 0) is 19.5 Å². The molecule has 3 rings (SSSR count). The van der Waals surface area contributed by atoms with Crippen molar-refractivity contribution in [3.8, 4) is 0 Å². The summed E-state index contributed by atoms with van der Waals surface area (Å²) in [4.78, 5) is 0.0347. The number of nitrogens with zero attached hydrogens (tertiary/aromatic N) is 1. The smallest absolute Gasteiger partial charge is 0.269 e. The maximum Gasteiger partial charge on any atom is 0.269 e. The van der Waals surface area contributed by atoms with Crippen molar-refractivity contribution < 1.29 is 22.3 Å². The van der Waals surface area contributed by atoms with Gasteiger partial charge in [0.2, 0.25) is 5.88 Å². The molecule has 0 saturated heterocycles. The van der Waals surface area contributed by atoms with Crippen LogP contribution in [0, 0.1) is 5.82 Å². The molecule has 2 aromatic carbocycles. The lowest BCUT2D eigenvalue weighted by Crippen LogP contribution is -2.38. The molecule has 25 heavy (non-hydrogen) atoms. The number of sulfonamides is 1. The molecule has 0 amide bonds. The summed E-state index contributed by atoms with van der Waals surface area (Å²) in [5.74, 6) is -0.408. The molecular weight excluding hydrogens is 369 g/mol. The normalized spacial score (nSPS) is 17.0. The van der Waals surface area contributed by atoms with Gasteiger partial charge in [-0.05, 0) is 42.0 Å². The summed E-state index contributed by atoms with van der Waals surface area (Å²) in [6.45, 7) is 0. The second-order valence-electron chi connectivity index (χ2n) is 5.30. The Morgan fingerprint density at radius 3 is 2.40 bits per heavy atom. The zero-order valence-corrected chi connectivity index (χ0v) is 15.0. The largest absolute Gasteiger partial charge is 0.482 e. The Labute approximate surface area is 150 Å². The third-order valence-corrected chi connectivity index (χ3v) is 5.84. The first-order valence-corrected chi connectivity index (χ1v) is 9.08. The molecule has 0 aromatic heterocycles. The number of rotatable bonds is 4. The highest BCUT2D eigenvalue weighted by Crippen LogP contribution is 2.39. The predicted molar refractivity (Wildman–Crippen MR) is 91.6 cm³/mol. The number of ether oxygens (including phenoxy) is 2. The third-order valence-electron chi connectivity index (χ3n) is 3.83. The van der Waals surface area contributed by atoms with Crippen LogP contribution in [0.5, 0.6) is 0 Å². The molecule has 1 aliphatic rings. The van der Waals surface area contributed by atoms with Gasteiger partial charge in [0.05, 0.1) is 12.0 Å². The molecule has 0 aliphatic carbocycles. The van der Waals surface area contributed by atoms with Gasteiger partial charge in [0, 0.05) is 23.8 Å². The number of methoxy groups -OCH3 is 2. The minimum atomic E-state index is -3.99. The van der Waals surface area contributed by atoms with Crippen LogP contribution in [0.1, 0.15) is 17.4 Å². The Hall–Kier alpha value is -2.09. The van der Waals surface area contributed by atoms with Crippen molar-refractivity contribution in [1.82, 2.24) is 4.31 Å². The lowest BCUT2D eigenvalue weighted by molar-refractivity contribution is 0.000745. The van der Waals surface area contributed by atoms with E-state index in [0.29, 0.717) is 16.1 Å². The van der Waals surface area contributed by atoms with E-state index in [2.05, 4.69) is 0 Å². The van der Waals surface area contributed by atoms with Gasteiger partial charge in [-0.25, -0.2) is 17.1 Å². The average molecular weight is 384 g/mol. The molecule has 0 bridgehead atoms. The molecule has 132 valence electrons. The number of hydrogen-bond acceptors (Lipinski definition) is 4. The van der Waals surface area contributed by atoms with Crippen molar-refractivity contribution in [2.24, 2.45) is 0 Å². The van der Waals surface area contributed by atoms with Gasteiger partial charge >= 0.3 is 0 Å². The minimum Gasteiger partial charge on any atom is -0.482 e. The van der Waals surface area contributed by atoms with Crippen LogP contribution in [0.3, 0.4) is 0 Å². The van der Waals surface area contributed by atoms with Gasteiger partial charge in [0.15, 0.2) is 6.23 Å². The first-order valence-electron chi connectivity index (χ1n) is 7.26. The summed E-state index contributed by atoms with van der Waals surface area (Å²) in [6, 6.07) is 9.82. The Morgan fingerprint density at radius 2 is 1.80 bits per heavy atom. The highest BCUT2D eigenvalue weighted by molar-refractivity contribution is 7.89. The van der Waals surface area contributed by atoms with Gasteiger partial charge in [0.1, 0.15) is 5.82 Å². The van der Waals surface area contributed by atoms with Crippen molar-refractivity contribution in [3.63, 3.8) is 0 Å². The first kappa shape index (κ1) is 17.7. The topological polar surface area (TPSA) is 55.8 Å². The van der Waals surface area contributed by atoms with E-state index in [0.717, 1.165) is 4.31 Å². The van der Waals surface area contributed by atoms with Gasteiger partial charge < -0.3 is 9.47 Å². The Morgan fingerprint density at radius 1 is 1.12 bits per heavy atom. The van der Waals surface area contributed by atoms with Crippen LogP contribution in [0.15, 0.2) is 53.2 Å². The van der Waals surface area contributed by atoms with Crippen LogP contribution in [0.4, 0.5) is 4.39 Å².